The molecule has 1 fully saturated rings. The molecule has 0 saturated heterocycles. The van der Waals surface area contributed by atoms with Crippen LogP contribution in [0.4, 0.5) is 13.2 Å². The zero-order valence-corrected chi connectivity index (χ0v) is 13.2. The lowest BCUT2D eigenvalue weighted by Gasteiger charge is -2.32. The van der Waals surface area contributed by atoms with Crippen LogP contribution < -0.4 is 4.72 Å². The maximum absolute atomic E-state index is 13.3. The minimum absolute atomic E-state index is 0.0112. The number of H-pyrrole nitrogens is 1. The van der Waals surface area contributed by atoms with Crippen molar-refractivity contribution in [1.29, 1.82) is 0 Å². The molecular weight excluding hydrogens is 337 g/mol. The minimum atomic E-state index is -4.71. The first-order chi connectivity index (χ1) is 10.6. The third kappa shape index (κ3) is 3.37. The molecule has 23 heavy (non-hydrogen) atoms. The smallest absolute Gasteiger partial charge is 0.407 e. The molecule has 1 heterocycles. The molecule has 1 aromatic heterocycles. The molecule has 0 aliphatic heterocycles. The topological polar surface area (TPSA) is 88.3 Å². The van der Waals surface area contributed by atoms with Gasteiger partial charge < -0.3 is 9.72 Å². The fourth-order valence-electron chi connectivity index (χ4n) is 2.68. The van der Waals surface area contributed by atoms with E-state index in [1.54, 1.807) is 4.72 Å². The van der Waals surface area contributed by atoms with Gasteiger partial charge in [0.1, 0.15) is 16.1 Å². The number of alkyl halides is 3. The third-order valence-corrected chi connectivity index (χ3v) is 5.39. The average Bonchev–Trinajstić information content (AvgIpc) is 3.06. The Labute approximate surface area is 131 Å². The number of aromatic amines is 1. The van der Waals surface area contributed by atoms with Crippen LogP contribution in [0.5, 0.6) is 0 Å². The van der Waals surface area contributed by atoms with E-state index in [4.69, 9.17) is 4.74 Å². The van der Waals surface area contributed by atoms with Gasteiger partial charge in [0.15, 0.2) is 0 Å². The van der Waals surface area contributed by atoms with Crippen molar-refractivity contribution in [1.82, 2.24) is 9.71 Å². The van der Waals surface area contributed by atoms with Crippen molar-refractivity contribution in [2.75, 3.05) is 6.61 Å². The SMILES string of the molecule is CCOC(=O)c1[nH]ccc1S(=O)(=O)NC1(C(F)(F)F)CCCC1. The predicted molar refractivity (Wildman–Crippen MR) is 74.3 cm³/mol. The highest BCUT2D eigenvalue weighted by Crippen LogP contribution is 2.43. The average molecular weight is 354 g/mol. The maximum atomic E-state index is 13.3. The van der Waals surface area contributed by atoms with Gasteiger partial charge in [0.05, 0.1) is 6.61 Å². The molecule has 0 radical (unpaired) electrons. The van der Waals surface area contributed by atoms with Crippen LogP contribution in [-0.2, 0) is 14.8 Å². The lowest BCUT2D eigenvalue weighted by atomic mass is 9.99. The van der Waals surface area contributed by atoms with E-state index in [1.165, 1.54) is 6.92 Å². The van der Waals surface area contributed by atoms with Crippen molar-refractivity contribution in [3.63, 3.8) is 0 Å². The summed E-state index contributed by atoms with van der Waals surface area (Å²) in [6, 6.07) is 1.04. The first kappa shape index (κ1) is 17.8. The largest absolute Gasteiger partial charge is 0.461 e. The van der Waals surface area contributed by atoms with E-state index in [0.717, 1.165) is 12.3 Å². The Morgan fingerprint density at radius 3 is 2.52 bits per heavy atom. The van der Waals surface area contributed by atoms with Gasteiger partial charge >= 0.3 is 12.1 Å². The van der Waals surface area contributed by atoms with Gasteiger partial charge in [-0.25, -0.2) is 13.2 Å². The number of nitrogens with one attached hydrogen (secondary N) is 2. The summed E-state index contributed by atoms with van der Waals surface area (Å²) < 4.78 is 71.3. The van der Waals surface area contributed by atoms with Crippen molar-refractivity contribution in [3.8, 4) is 0 Å². The highest BCUT2D eigenvalue weighted by atomic mass is 32.2. The van der Waals surface area contributed by atoms with Gasteiger partial charge in [0, 0.05) is 6.20 Å². The number of halogens is 3. The van der Waals surface area contributed by atoms with Crippen molar-refractivity contribution in [2.24, 2.45) is 0 Å². The molecule has 1 aliphatic carbocycles. The number of sulfonamides is 1. The van der Waals surface area contributed by atoms with Gasteiger partial charge in [-0.05, 0) is 25.8 Å². The molecular formula is C13H17F3N2O4S. The Morgan fingerprint density at radius 1 is 1.39 bits per heavy atom. The quantitative estimate of drug-likeness (QED) is 0.795. The number of aromatic nitrogens is 1. The second-order valence-electron chi connectivity index (χ2n) is 5.33. The number of carbonyl (C=O) groups excluding carboxylic acids is 1. The number of carbonyl (C=O) groups is 1. The molecule has 0 amide bonds. The molecule has 130 valence electrons. The van der Waals surface area contributed by atoms with Crippen LogP contribution in [0.3, 0.4) is 0 Å². The molecule has 6 nitrogen and oxygen atoms in total. The minimum Gasteiger partial charge on any atom is -0.461 e. The van der Waals surface area contributed by atoms with E-state index in [-0.39, 0.29) is 32.3 Å². The summed E-state index contributed by atoms with van der Waals surface area (Å²) in [6.45, 7) is 1.54. The molecule has 0 unspecified atom stereocenters. The first-order valence-electron chi connectivity index (χ1n) is 7.08. The van der Waals surface area contributed by atoms with Gasteiger partial charge in [-0.15, -0.1) is 0 Å². The summed E-state index contributed by atoms with van der Waals surface area (Å²) in [5, 5.41) is 0. The van der Waals surface area contributed by atoms with Crippen molar-refractivity contribution >= 4 is 16.0 Å². The van der Waals surface area contributed by atoms with Crippen molar-refractivity contribution in [2.45, 2.75) is 49.2 Å². The summed E-state index contributed by atoms with van der Waals surface area (Å²) in [6.07, 6.45) is -3.64. The zero-order chi connectivity index (χ0) is 17.3. The van der Waals surface area contributed by atoms with Crippen LogP contribution in [0.25, 0.3) is 0 Å². The van der Waals surface area contributed by atoms with Gasteiger partial charge in [-0.2, -0.15) is 17.9 Å². The Morgan fingerprint density at radius 2 is 2.00 bits per heavy atom. The molecule has 1 saturated carbocycles. The summed E-state index contributed by atoms with van der Waals surface area (Å²) >= 11 is 0. The predicted octanol–water partition coefficient (Wildman–Crippen LogP) is 2.34. The molecule has 10 heteroatoms. The Bertz CT molecular complexity index is 676. The molecule has 0 atom stereocenters. The fourth-order valence-corrected chi connectivity index (χ4v) is 4.28. The Kier molecular flexibility index (Phi) is 4.76. The number of esters is 1. The van der Waals surface area contributed by atoms with Gasteiger partial charge in [0.25, 0.3) is 0 Å². The van der Waals surface area contributed by atoms with Crippen LogP contribution in [0.1, 0.15) is 43.1 Å². The molecule has 1 aromatic rings. The maximum Gasteiger partial charge on any atom is 0.407 e. The summed E-state index contributed by atoms with van der Waals surface area (Å²) in [5.74, 6) is -0.939. The van der Waals surface area contributed by atoms with Gasteiger partial charge in [0.2, 0.25) is 10.0 Å². The van der Waals surface area contributed by atoms with Crippen molar-refractivity contribution < 1.29 is 31.1 Å². The Hall–Kier alpha value is -1.55. The van der Waals surface area contributed by atoms with E-state index in [0.29, 0.717) is 0 Å². The third-order valence-electron chi connectivity index (χ3n) is 3.81. The molecule has 1 aliphatic rings. The monoisotopic (exact) mass is 354 g/mol. The second-order valence-corrected chi connectivity index (χ2v) is 6.98. The summed E-state index contributed by atoms with van der Waals surface area (Å²) in [4.78, 5) is 13.6. The lowest BCUT2D eigenvalue weighted by molar-refractivity contribution is -0.188. The van der Waals surface area contributed by atoms with Crippen LogP contribution in [0, 0.1) is 0 Å². The highest BCUT2D eigenvalue weighted by Gasteiger charge is 2.58. The summed E-state index contributed by atoms with van der Waals surface area (Å²) in [5.41, 5.74) is -2.88. The molecule has 2 rings (SSSR count). The molecule has 0 aromatic carbocycles. The fraction of sp³-hybridized carbons (Fsp3) is 0.615. The summed E-state index contributed by atoms with van der Waals surface area (Å²) in [7, 11) is -4.54. The van der Waals surface area contributed by atoms with E-state index >= 15 is 0 Å². The number of ether oxygens (including phenoxy) is 1. The molecule has 2 N–H and O–H groups in total. The highest BCUT2D eigenvalue weighted by molar-refractivity contribution is 7.89. The normalized spacial score (nSPS) is 18.1. The van der Waals surface area contributed by atoms with Crippen LogP contribution in [0.2, 0.25) is 0 Å². The van der Waals surface area contributed by atoms with Crippen LogP contribution >= 0.6 is 0 Å². The van der Waals surface area contributed by atoms with E-state index in [9.17, 15) is 26.4 Å². The van der Waals surface area contributed by atoms with E-state index in [2.05, 4.69) is 4.98 Å². The first-order valence-corrected chi connectivity index (χ1v) is 8.56. The van der Waals surface area contributed by atoms with Gasteiger partial charge in [-0.3, -0.25) is 0 Å². The van der Waals surface area contributed by atoms with Crippen LogP contribution in [-0.4, -0.2) is 37.7 Å². The number of hydrogen-bond acceptors (Lipinski definition) is 4. The number of rotatable bonds is 5. The second kappa shape index (κ2) is 6.16. The lowest BCUT2D eigenvalue weighted by Crippen LogP contribution is -2.56. The standard InChI is InChI=1S/C13H17F3N2O4S/c1-2-22-11(19)10-9(5-8-17-10)23(20,21)18-12(13(14,15)16)6-3-4-7-12/h5,8,17-18H,2-4,6-7H2,1H3. The molecule has 0 bridgehead atoms. The Balaban J connectivity index is 2.36. The van der Waals surface area contributed by atoms with Crippen molar-refractivity contribution in [3.05, 3.63) is 18.0 Å². The van der Waals surface area contributed by atoms with Crippen LogP contribution in [0.15, 0.2) is 17.2 Å². The van der Waals surface area contributed by atoms with E-state index < -0.39 is 38.3 Å². The number of hydrogen-bond donors (Lipinski definition) is 2. The molecule has 0 spiro atoms. The van der Waals surface area contributed by atoms with E-state index in [1.807, 2.05) is 0 Å². The zero-order valence-electron chi connectivity index (χ0n) is 12.4. The van der Waals surface area contributed by atoms with Gasteiger partial charge in [-0.1, -0.05) is 12.8 Å².